The van der Waals surface area contributed by atoms with Gasteiger partial charge in [0.2, 0.25) is 0 Å². The number of carbonyl (C=O) groups excluding carboxylic acids is 1. The van der Waals surface area contributed by atoms with Crippen LogP contribution >= 0.6 is 0 Å². The quantitative estimate of drug-likeness (QED) is 0.943. The lowest BCUT2D eigenvalue weighted by Crippen LogP contribution is -2.23. The topological polar surface area (TPSA) is 66.8 Å². The van der Waals surface area contributed by atoms with Crippen LogP contribution in [0.3, 0.4) is 0 Å². The number of amides is 1. The maximum absolute atomic E-state index is 12.7. The van der Waals surface area contributed by atoms with Crippen LogP contribution < -0.4 is 9.64 Å². The number of anilines is 1. The van der Waals surface area contributed by atoms with E-state index in [-0.39, 0.29) is 5.91 Å². The van der Waals surface area contributed by atoms with Crippen molar-refractivity contribution in [2.45, 2.75) is 25.3 Å². The summed E-state index contributed by atoms with van der Waals surface area (Å²) in [6.07, 6.45) is 1.36. The number of carbonyl (C=O) groups is 2. The van der Waals surface area contributed by atoms with Gasteiger partial charge in [-0.15, -0.1) is 0 Å². The number of carboxylic acids is 1. The van der Waals surface area contributed by atoms with Gasteiger partial charge in [0.15, 0.2) is 0 Å². The zero-order valence-corrected chi connectivity index (χ0v) is 13.3. The van der Waals surface area contributed by atoms with Crippen LogP contribution in [0.1, 0.15) is 39.4 Å². The summed E-state index contributed by atoms with van der Waals surface area (Å²) in [5.41, 5.74) is 4.36. The molecule has 1 atom stereocenters. The molecule has 2 aromatic carbocycles. The smallest absolute Gasteiger partial charge is 0.310 e. The summed E-state index contributed by atoms with van der Waals surface area (Å²) in [7, 11) is 1.61. The first-order valence-corrected chi connectivity index (χ1v) is 7.93. The molecule has 2 aliphatic rings. The summed E-state index contributed by atoms with van der Waals surface area (Å²) in [6, 6.07) is 11.1. The lowest BCUT2D eigenvalue weighted by atomic mass is 10.0. The first-order chi connectivity index (χ1) is 11.6. The van der Waals surface area contributed by atoms with Gasteiger partial charge in [0.1, 0.15) is 5.75 Å². The van der Waals surface area contributed by atoms with E-state index in [0.29, 0.717) is 18.5 Å². The Bertz CT molecular complexity index is 858. The molecule has 24 heavy (non-hydrogen) atoms. The molecular formula is C19H17NO4. The number of hydrogen-bond donors (Lipinski definition) is 1. The van der Waals surface area contributed by atoms with Crippen LogP contribution in [0.5, 0.6) is 5.75 Å². The predicted octanol–water partition coefficient (Wildman–Crippen LogP) is 2.97. The third-order valence-electron chi connectivity index (χ3n) is 4.93. The summed E-state index contributed by atoms with van der Waals surface area (Å²) < 4.78 is 5.22. The number of fused-ring (bicyclic) bond motifs is 2. The second kappa shape index (κ2) is 5.37. The van der Waals surface area contributed by atoms with E-state index in [4.69, 9.17) is 4.74 Å². The number of carboxylic acid groups (broad SMARTS) is 1. The van der Waals surface area contributed by atoms with Crippen molar-refractivity contribution < 1.29 is 19.4 Å². The molecular weight excluding hydrogens is 306 g/mol. The van der Waals surface area contributed by atoms with Gasteiger partial charge in [-0.2, -0.15) is 0 Å². The normalized spacial score (nSPS) is 18.5. The molecule has 122 valence electrons. The molecule has 1 amide bonds. The van der Waals surface area contributed by atoms with E-state index in [9.17, 15) is 14.7 Å². The third-order valence-corrected chi connectivity index (χ3v) is 4.93. The fourth-order valence-corrected chi connectivity index (χ4v) is 3.66. The maximum Gasteiger partial charge on any atom is 0.310 e. The van der Waals surface area contributed by atoms with Gasteiger partial charge in [-0.05, 0) is 59.9 Å². The third kappa shape index (κ3) is 2.16. The number of aryl methyl sites for hydroxylation is 1. The molecule has 5 heteroatoms. The zero-order valence-electron chi connectivity index (χ0n) is 13.3. The molecule has 5 nitrogen and oxygen atoms in total. The van der Waals surface area contributed by atoms with E-state index in [1.54, 1.807) is 24.1 Å². The van der Waals surface area contributed by atoms with Crippen LogP contribution in [0, 0.1) is 0 Å². The second-order valence-electron chi connectivity index (χ2n) is 6.23. The molecule has 1 heterocycles. The van der Waals surface area contributed by atoms with Gasteiger partial charge < -0.3 is 14.7 Å². The van der Waals surface area contributed by atoms with Gasteiger partial charge >= 0.3 is 5.97 Å². The van der Waals surface area contributed by atoms with Crippen LogP contribution in [0.15, 0.2) is 36.4 Å². The molecule has 0 saturated carbocycles. The number of rotatable bonds is 3. The Hall–Kier alpha value is -2.82. The Balaban J connectivity index is 1.66. The van der Waals surface area contributed by atoms with E-state index in [0.717, 1.165) is 34.5 Å². The molecule has 0 fully saturated rings. The lowest BCUT2D eigenvalue weighted by Gasteiger charge is -2.17. The van der Waals surface area contributed by atoms with Crippen molar-refractivity contribution >= 4 is 17.6 Å². The summed E-state index contributed by atoms with van der Waals surface area (Å²) >= 11 is 0. The zero-order chi connectivity index (χ0) is 16.8. The van der Waals surface area contributed by atoms with Crippen LogP contribution in [-0.4, -0.2) is 24.1 Å². The number of aliphatic carboxylic acids is 1. The Kier molecular flexibility index (Phi) is 3.30. The van der Waals surface area contributed by atoms with E-state index < -0.39 is 11.9 Å². The minimum Gasteiger partial charge on any atom is -0.497 e. The number of nitrogens with zero attached hydrogens (tertiary/aromatic N) is 1. The molecule has 0 radical (unpaired) electrons. The van der Waals surface area contributed by atoms with Gasteiger partial charge in [-0.1, -0.05) is 6.07 Å². The molecule has 1 aliphatic heterocycles. The molecule has 2 aromatic rings. The van der Waals surface area contributed by atoms with Crippen molar-refractivity contribution in [3.05, 3.63) is 58.7 Å². The SMILES string of the molecule is COc1ccc2c(c1)CN(c1ccc3c(c1)CCC3C(=O)O)C2=O. The lowest BCUT2D eigenvalue weighted by molar-refractivity contribution is -0.138. The Morgan fingerprint density at radius 2 is 2.04 bits per heavy atom. The van der Waals surface area contributed by atoms with E-state index >= 15 is 0 Å². The van der Waals surface area contributed by atoms with Crippen molar-refractivity contribution in [3.63, 3.8) is 0 Å². The average Bonchev–Trinajstić information content (AvgIpc) is 3.15. The van der Waals surface area contributed by atoms with Crippen molar-refractivity contribution in [1.29, 1.82) is 0 Å². The van der Waals surface area contributed by atoms with Crippen LogP contribution in [0.25, 0.3) is 0 Å². The van der Waals surface area contributed by atoms with Crippen molar-refractivity contribution in [3.8, 4) is 5.75 Å². The molecule has 1 aliphatic carbocycles. The van der Waals surface area contributed by atoms with Gasteiger partial charge in [-0.25, -0.2) is 0 Å². The number of benzene rings is 2. The van der Waals surface area contributed by atoms with E-state index in [1.807, 2.05) is 24.3 Å². The predicted molar refractivity (Wildman–Crippen MR) is 88.6 cm³/mol. The van der Waals surface area contributed by atoms with Crippen LogP contribution in [0.4, 0.5) is 5.69 Å². The van der Waals surface area contributed by atoms with Crippen molar-refractivity contribution in [2.75, 3.05) is 12.0 Å². The minimum atomic E-state index is -0.779. The number of hydrogen-bond acceptors (Lipinski definition) is 3. The highest BCUT2D eigenvalue weighted by Gasteiger charge is 2.32. The fourth-order valence-electron chi connectivity index (χ4n) is 3.66. The highest BCUT2D eigenvalue weighted by Crippen LogP contribution is 2.37. The Morgan fingerprint density at radius 1 is 1.21 bits per heavy atom. The van der Waals surface area contributed by atoms with Crippen LogP contribution in [0.2, 0.25) is 0 Å². The van der Waals surface area contributed by atoms with Gasteiger partial charge in [-0.3, -0.25) is 9.59 Å². The first kappa shape index (κ1) is 14.8. The summed E-state index contributed by atoms with van der Waals surface area (Å²) in [6.45, 7) is 0.506. The summed E-state index contributed by atoms with van der Waals surface area (Å²) in [4.78, 5) is 25.7. The summed E-state index contributed by atoms with van der Waals surface area (Å²) in [5, 5.41) is 9.27. The Morgan fingerprint density at radius 3 is 2.79 bits per heavy atom. The standard InChI is InChI=1S/C19H17NO4/c1-24-14-4-7-16-12(9-14)10-20(18(16)21)13-3-6-15-11(8-13)2-5-17(15)19(22)23/h3-4,6-9,17H,2,5,10H2,1H3,(H,22,23). The molecule has 4 rings (SSSR count). The first-order valence-electron chi connectivity index (χ1n) is 7.93. The van der Waals surface area contributed by atoms with Gasteiger partial charge in [0.25, 0.3) is 5.91 Å². The average molecular weight is 323 g/mol. The van der Waals surface area contributed by atoms with Gasteiger partial charge in [0, 0.05) is 11.3 Å². The highest BCUT2D eigenvalue weighted by atomic mass is 16.5. The minimum absolute atomic E-state index is 0.0274. The molecule has 1 unspecified atom stereocenters. The van der Waals surface area contributed by atoms with Crippen molar-refractivity contribution in [2.24, 2.45) is 0 Å². The van der Waals surface area contributed by atoms with E-state index in [2.05, 4.69) is 0 Å². The molecule has 1 N–H and O–H groups in total. The molecule has 0 spiro atoms. The number of methoxy groups -OCH3 is 1. The largest absolute Gasteiger partial charge is 0.497 e. The van der Waals surface area contributed by atoms with E-state index in [1.165, 1.54) is 0 Å². The molecule has 0 bridgehead atoms. The molecule has 0 saturated heterocycles. The van der Waals surface area contributed by atoms with Crippen molar-refractivity contribution in [1.82, 2.24) is 0 Å². The second-order valence-corrected chi connectivity index (χ2v) is 6.23. The monoisotopic (exact) mass is 323 g/mol. The fraction of sp³-hybridized carbons (Fsp3) is 0.263. The Labute approximate surface area is 139 Å². The van der Waals surface area contributed by atoms with Crippen LogP contribution in [-0.2, 0) is 17.8 Å². The number of ether oxygens (including phenoxy) is 1. The molecule has 0 aromatic heterocycles. The van der Waals surface area contributed by atoms with Gasteiger partial charge in [0.05, 0.1) is 19.6 Å². The highest BCUT2D eigenvalue weighted by molar-refractivity contribution is 6.10. The summed E-state index contributed by atoms with van der Waals surface area (Å²) in [5.74, 6) is -0.495. The maximum atomic E-state index is 12.7.